The molecule has 6 nitrogen and oxygen atoms in total. The van der Waals surface area contributed by atoms with Crippen molar-refractivity contribution >= 4 is 49.9 Å². The highest BCUT2D eigenvalue weighted by atomic mass is 79.9. The molecule has 0 spiro atoms. The lowest BCUT2D eigenvalue weighted by molar-refractivity contribution is -0.125. The third-order valence-corrected chi connectivity index (χ3v) is 5.89. The summed E-state index contributed by atoms with van der Waals surface area (Å²) in [5.41, 5.74) is 2.80. The number of hydrogen-bond acceptors (Lipinski definition) is 5. The van der Waals surface area contributed by atoms with Crippen LogP contribution in [0.5, 0.6) is 5.75 Å². The summed E-state index contributed by atoms with van der Waals surface area (Å²) < 4.78 is 6.38. The highest BCUT2D eigenvalue weighted by Gasteiger charge is 2.29. The maximum absolute atomic E-state index is 12.4. The van der Waals surface area contributed by atoms with Crippen LogP contribution >= 0.6 is 27.3 Å². The van der Waals surface area contributed by atoms with Crippen molar-refractivity contribution in [3.8, 4) is 17.0 Å². The van der Waals surface area contributed by atoms with Gasteiger partial charge in [-0.05, 0) is 53.2 Å². The number of carbonyl (C=O) groups is 2. The summed E-state index contributed by atoms with van der Waals surface area (Å²) in [6.07, 6.45) is -0.498. The van der Waals surface area contributed by atoms with E-state index in [-0.39, 0.29) is 11.8 Å². The van der Waals surface area contributed by atoms with Crippen LogP contribution in [0.1, 0.15) is 17.3 Å². The molecule has 28 heavy (non-hydrogen) atoms. The molecule has 1 unspecified atom stereocenters. The van der Waals surface area contributed by atoms with Crippen molar-refractivity contribution in [3.05, 3.63) is 57.9 Å². The molecule has 2 amide bonds. The van der Waals surface area contributed by atoms with Crippen molar-refractivity contribution in [3.63, 3.8) is 0 Å². The van der Waals surface area contributed by atoms with E-state index in [1.165, 1.54) is 11.3 Å². The normalized spacial score (nSPS) is 15.8. The Morgan fingerprint density at radius 1 is 1.29 bits per heavy atom. The molecule has 0 fully saturated rings. The highest BCUT2D eigenvalue weighted by Crippen LogP contribution is 2.37. The Morgan fingerprint density at radius 2 is 2.07 bits per heavy atom. The molecule has 0 bridgehead atoms. The number of thiazole rings is 1. The molecule has 0 saturated carbocycles. The Bertz CT molecular complexity index is 1080. The molecule has 2 heterocycles. The van der Waals surface area contributed by atoms with Crippen molar-refractivity contribution in [1.29, 1.82) is 0 Å². The summed E-state index contributed by atoms with van der Waals surface area (Å²) in [4.78, 5) is 30.7. The molecular formula is C20H16BrN3O3S. The predicted molar refractivity (Wildman–Crippen MR) is 113 cm³/mol. The lowest BCUT2D eigenvalue weighted by Gasteiger charge is -2.30. The molecule has 1 atom stereocenters. The highest BCUT2D eigenvalue weighted by molar-refractivity contribution is 9.10. The van der Waals surface area contributed by atoms with Crippen molar-refractivity contribution in [2.75, 3.05) is 17.3 Å². The van der Waals surface area contributed by atoms with Gasteiger partial charge in [0.25, 0.3) is 11.8 Å². The summed E-state index contributed by atoms with van der Waals surface area (Å²) in [6.45, 7) is 1.73. The summed E-state index contributed by atoms with van der Waals surface area (Å²) in [5.74, 6) is 0.340. The van der Waals surface area contributed by atoms with Crippen LogP contribution in [-0.4, -0.2) is 29.9 Å². The van der Waals surface area contributed by atoms with Crippen LogP contribution < -0.4 is 15.0 Å². The van der Waals surface area contributed by atoms with Gasteiger partial charge in [0.2, 0.25) is 0 Å². The molecule has 0 aliphatic carbocycles. The van der Waals surface area contributed by atoms with E-state index in [4.69, 9.17) is 4.74 Å². The molecule has 2 aromatic carbocycles. The molecule has 3 aromatic rings. The fourth-order valence-corrected chi connectivity index (χ4v) is 4.12. The predicted octanol–water partition coefficient (Wildman–Crippen LogP) is 4.57. The largest absolute Gasteiger partial charge is 0.479 e. The van der Waals surface area contributed by atoms with Crippen molar-refractivity contribution < 1.29 is 14.3 Å². The first kappa shape index (κ1) is 18.6. The summed E-state index contributed by atoms with van der Waals surface area (Å²) in [6, 6.07) is 12.8. The molecule has 8 heteroatoms. The summed E-state index contributed by atoms with van der Waals surface area (Å²) in [7, 11) is 1.73. The second kappa shape index (κ2) is 7.37. The number of ether oxygens (including phenoxy) is 1. The molecule has 1 N–H and O–H groups in total. The Hall–Kier alpha value is -2.71. The van der Waals surface area contributed by atoms with Crippen molar-refractivity contribution in [2.45, 2.75) is 13.0 Å². The maximum atomic E-state index is 12.4. The van der Waals surface area contributed by atoms with E-state index in [1.807, 2.05) is 35.7 Å². The van der Waals surface area contributed by atoms with Gasteiger partial charge in [-0.1, -0.05) is 12.1 Å². The Labute approximate surface area is 174 Å². The quantitative estimate of drug-likeness (QED) is 0.625. The van der Waals surface area contributed by atoms with E-state index in [1.54, 1.807) is 31.0 Å². The van der Waals surface area contributed by atoms with Crippen LogP contribution in [0.2, 0.25) is 0 Å². The van der Waals surface area contributed by atoms with Gasteiger partial charge in [0.1, 0.15) is 5.75 Å². The molecule has 1 aliphatic heterocycles. The lowest BCUT2D eigenvalue weighted by Crippen LogP contribution is -2.41. The van der Waals surface area contributed by atoms with Gasteiger partial charge in [0, 0.05) is 22.5 Å². The zero-order chi connectivity index (χ0) is 19.8. The molecule has 0 saturated heterocycles. The Morgan fingerprint density at radius 3 is 2.86 bits per heavy atom. The van der Waals surface area contributed by atoms with Crippen molar-refractivity contribution in [1.82, 2.24) is 4.98 Å². The molecule has 0 radical (unpaired) electrons. The monoisotopic (exact) mass is 457 g/mol. The topological polar surface area (TPSA) is 71.5 Å². The number of amides is 2. The number of benzene rings is 2. The number of hydrogen-bond donors (Lipinski definition) is 1. The molecule has 4 rings (SSSR count). The van der Waals surface area contributed by atoms with Crippen LogP contribution in [0, 0.1) is 0 Å². The SMILES string of the molecule is CC1Oc2ccc(-c3csc(NC(=O)c4ccccc4Br)n3)cc2N(C)C1=O. The number of nitrogens with zero attached hydrogens (tertiary/aromatic N) is 2. The number of rotatable bonds is 3. The van der Waals surface area contributed by atoms with Crippen LogP contribution in [0.15, 0.2) is 52.3 Å². The molecule has 1 aliphatic rings. The van der Waals surface area contributed by atoms with Gasteiger partial charge in [-0.25, -0.2) is 4.98 Å². The van der Waals surface area contributed by atoms with E-state index in [2.05, 4.69) is 26.2 Å². The van der Waals surface area contributed by atoms with Crippen LogP contribution in [0.4, 0.5) is 10.8 Å². The zero-order valence-electron chi connectivity index (χ0n) is 15.1. The average molecular weight is 458 g/mol. The van der Waals surface area contributed by atoms with Gasteiger partial charge in [-0.15, -0.1) is 11.3 Å². The van der Waals surface area contributed by atoms with Gasteiger partial charge in [-0.2, -0.15) is 0 Å². The molecule has 1 aromatic heterocycles. The van der Waals surface area contributed by atoms with Crippen LogP contribution in [0.3, 0.4) is 0 Å². The van der Waals surface area contributed by atoms with E-state index >= 15 is 0 Å². The standard InChI is InChI=1S/C20H16BrN3O3S/c1-11-19(26)24(2)16-9-12(7-8-17(16)27-11)15-10-28-20(22-15)23-18(25)13-5-3-4-6-14(13)21/h3-11H,1-2H3,(H,22,23,25). The number of halogens is 1. The fourth-order valence-electron chi connectivity index (χ4n) is 2.94. The van der Waals surface area contributed by atoms with Crippen LogP contribution in [0.25, 0.3) is 11.3 Å². The minimum absolute atomic E-state index is 0.0932. The number of carbonyl (C=O) groups excluding carboxylic acids is 2. The van der Waals surface area contributed by atoms with E-state index in [0.29, 0.717) is 22.1 Å². The number of likely N-dealkylation sites (N-methyl/N-ethyl adjacent to an activating group) is 1. The first-order valence-electron chi connectivity index (χ1n) is 8.54. The van der Waals surface area contributed by atoms with Gasteiger partial charge in [0.15, 0.2) is 11.2 Å². The zero-order valence-corrected chi connectivity index (χ0v) is 17.5. The van der Waals surface area contributed by atoms with Crippen LogP contribution in [-0.2, 0) is 4.79 Å². The van der Waals surface area contributed by atoms with Gasteiger partial charge >= 0.3 is 0 Å². The first-order valence-corrected chi connectivity index (χ1v) is 10.2. The molecule has 142 valence electrons. The second-order valence-electron chi connectivity index (χ2n) is 6.31. The number of nitrogens with one attached hydrogen (secondary N) is 1. The maximum Gasteiger partial charge on any atom is 0.267 e. The third kappa shape index (κ3) is 3.41. The summed E-state index contributed by atoms with van der Waals surface area (Å²) >= 11 is 4.72. The number of aromatic nitrogens is 1. The van der Waals surface area contributed by atoms with Gasteiger partial charge in [0.05, 0.1) is 16.9 Å². The first-order chi connectivity index (χ1) is 13.4. The van der Waals surface area contributed by atoms with Gasteiger partial charge in [-0.3, -0.25) is 14.9 Å². The Kier molecular flexibility index (Phi) is 4.91. The smallest absolute Gasteiger partial charge is 0.267 e. The van der Waals surface area contributed by atoms with E-state index < -0.39 is 6.10 Å². The number of anilines is 2. The lowest BCUT2D eigenvalue weighted by atomic mass is 10.1. The minimum Gasteiger partial charge on any atom is -0.479 e. The number of fused-ring (bicyclic) bond motifs is 1. The van der Waals surface area contributed by atoms with Gasteiger partial charge < -0.3 is 9.64 Å². The third-order valence-electron chi connectivity index (χ3n) is 4.44. The van der Waals surface area contributed by atoms with E-state index in [9.17, 15) is 9.59 Å². The minimum atomic E-state index is -0.498. The van der Waals surface area contributed by atoms with Crippen molar-refractivity contribution in [2.24, 2.45) is 0 Å². The molecular weight excluding hydrogens is 442 g/mol. The second-order valence-corrected chi connectivity index (χ2v) is 8.02. The average Bonchev–Trinajstić information content (AvgIpc) is 3.15. The summed E-state index contributed by atoms with van der Waals surface area (Å²) in [5, 5.41) is 5.19. The Balaban J connectivity index is 1.58. The fraction of sp³-hybridized carbons (Fsp3) is 0.150. The van der Waals surface area contributed by atoms with E-state index in [0.717, 1.165) is 15.7 Å².